The van der Waals surface area contributed by atoms with Gasteiger partial charge in [0.15, 0.2) is 0 Å². The van der Waals surface area contributed by atoms with Crippen molar-refractivity contribution in [1.29, 1.82) is 0 Å². The van der Waals surface area contributed by atoms with Crippen molar-refractivity contribution in [2.75, 3.05) is 0 Å². The topological polar surface area (TPSA) is 38.7 Å². The Hall–Kier alpha value is -8.79. The zero-order valence-electron chi connectivity index (χ0n) is 39.6. The molecule has 8 aromatic carbocycles. The van der Waals surface area contributed by atoms with Crippen LogP contribution in [0.15, 0.2) is 255 Å². The molecule has 0 unspecified atom stereocenters. The third kappa shape index (κ3) is 9.01. The van der Waals surface area contributed by atoms with Gasteiger partial charge in [-0.2, -0.15) is 0 Å². The number of hydrogen-bond donors (Lipinski definition) is 0. The van der Waals surface area contributed by atoms with Gasteiger partial charge in [-0.25, -0.2) is 0 Å². The Morgan fingerprint density at radius 2 is 0.600 bits per heavy atom. The van der Waals surface area contributed by atoms with Crippen LogP contribution in [0.2, 0.25) is 0 Å². The summed E-state index contributed by atoms with van der Waals surface area (Å²) in [7, 11) is 0. The van der Waals surface area contributed by atoms with Gasteiger partial charge in [0.25, 0.3) is 0 Å². The fourth-order valence-electron chi connectivity index (χ4n) is 9.59. The van der Waals surface area contributed by atoms with E-state index < -0.39 is 0 Å². The first-order valence-electron chi connectivity index (χ1n) is 24.0. The number of rotatable bonds is 10. The molecule has 0 aliphatic heterocycles. The number of pyridine rings is 3. The molecule has 0 aliphatic rings. The minimum absolute atomic E-state index is 0.00265. The van der Waals surface area contributed by atoms with Crippen LogP contribution in [0.4, 0.5) is 0 Å². The lowest BCUT2D eigenvalue weighted by Gasteiger charge is -2.20. The lowest BCUT2D eigenvalue weighted by atomic mass is 9.84. The van der Waals surface area contributed by atoms with Gasteiger partial charge in [0.2, 0.25) is 0 Å². The predicted octanol–water partition coefficient (Wildman–Crippen LogP) is 17.8. The molecule has 70 heavy (non-hydrogen) atoms. The summed E-state index contributed by atoms with van der Waals surface area (Å²) in [6.07, 6.45) is 5.63. The molecule has 0 saturated carbocycles. The quantitative estimate of drug-likeness (QED) is 0.137. The molecule has 0 radical (unpaired) electrons. The van der Waals surface area contributed by atoms with Crippen molar-refractivity contribution in [2.24, 2.45) is 0 Å². The molecule has 11 aromatic rings. The van der Waals surface area contributed by atoms with Crippen LogP contribution >= 0.6 is 0 Å². The van der Waals surface area contributed by atoms with Gasteiger partial charge < -0.3 is 0 Å². The largest absolute Gasteiger partial charge is 0.256 e. The van der Waals surface area contributed by atoms with E-state index in [0.717, 1.165) is 112 Å². The molecule has 3 nitrogen and oxygen atoms in total. The van der Waals surface area contributed by atoms with Crippen LogP contribution in [0.3, 0.4) is 0 Å². The van der Waals surface area contributed by atoms with E-state index in [1.807, 2.05) is 42.9 Å². The minimum atomic E-state index is 0.00265. The van der Waals surface area contributed by atoms with E-state index in [-0.39, 0.29) is 5.41 Å². The summed E-state index contributed by atoms with van der Waals surface area (Å²) >= 11 is 0. The van der Waals surface area contributed by atoms with E-state index in [2.05, 4.69) is 243 Å². The second-order valence-electron chi connectivity index (χ2n) is 18.8. The summed E-state index contributed by atoms with van der Waals surface area (Å²) < 4.78 is 0. The number of hydrogen-bond acceptors (Lipinski definition) is 3. The van der Waals surface area contributed by atoms with Crippen LogP contribution in [0.25, 0.3) is 112 Å². The number of aromatic nitrogens is 3. The molecule has 0 fully saturated rings. The lowest BCUT2D eigenvalue weighted by molar-refractivity contribution is 0.589. The van der Waals surface area contributed by atoms with Crippen molar-refractivity contribution in [3.05, 3.63) is 261 Å². The summed E-state index contributed by atoms with van der Waals surface area (Å²) in [4.78, 5) is 14.1. The Morgan fingerprint density at radius 1 is 0.229 bits per heavy atom. The van der Waals surface area contributed by atoms with Crippen LogP contribution in [0, 0.1) is 0 Å². The summed E-state index contributed by atoms with van der Waals surface area (Å²) in [6, 6.07) is 85.2. The van der Waals surface area contributed by atoms with Crippen molar-refractivity contribution in [3.63, 3.8) is 0 Å². The van der Waals surface area contributed by atoms with E-state index in [1.165, 1.54) is 5.56 Å². The van der Waals surface area contributed by atoms with E-state index in [0.29, 0.717) is 0 Å². The van der Waals surface area contributed by atoms with Gasteiger partial charge >= 0.3 is 0 Å². The summed E-state index contributed by atoms with van der Waals surface area (Å²) in [5, 5.41) is 0. The highest BCUT2D eigenvalue weighted by Gasteiger charge is 2.20. The molecule has 3 heterocycles. The van der Waals surface area contributed by atoms with Crippen molar-refractivity contribution in [1.82, 2.24) is 15.0 Å². The number of benzene rings is 8. The zero-order chi connectivity index (χ0) is 47.4. The van der Waals surface area contributed by atoms with Crippen molar-refractivity contribution < 1.29 is 0 Å². The second kappa shape index (κ2) is 19.1. The Labute approximate surface area is 411 Å². The van der Waals surface area contributed by atoms with Crippen LogP contribution < -0.4 is 0 Å². The summed E-state index contributed by atoms with van der Waals surface area (Å²) in [6.45, 7) is 6.75. The zero-order valence-corrected chi connectivity index (χ0v) is 39.6. The molecule has 334 valence electrons. The lowest BCUT2D eigenvalue weighted by Crippen LogP contribution is -2.11. The Balaban J connectivity index is 1.09. The maximum absolute atomic E-state index is 4.89. The molecule has 3 aromatic heterocycles. The van der Waals surface area contributed by atoms with Gasteiger partial charge in [0.05, 0.1) is 17.1 Å². The standard InChI is InChI=1S/C67H51N3/c1-67(2,3)55-37-40-70-66(45-55)51-35-36-62(63(44-51)46-17-5-4-6-18-46)61-24-12-11-23-60(61)54-42-52(58-21-9-7-19-56(58)47-27-31-49(32-28-47)64-25-13-15-38-68-64)41-53(43-54)59-22-10-8-20-57(59)48-29-33-50(34-30-48)65-26-14-16-39-69-65/h4-45H,1-3H3. The van der Waals surface area contributed by atoms with E-state index in [4.69, 9.17) is 4.98 Å². The smallest absolute Gasteiger partial charge is 0.0705 e. The highest BCUT2D eigenvalue weighted by molar-refractivity contribution is 5.97. The molecule has 11 rings (SSSR count). The molecular weight excluding hydrogens is 847 g/mol. The first-order chi connectivity index (χ1) is 34.3. The highest BCUT2D eigenvalue weighted by Crippen LogP contribution is 2.45. The maximum Gasteiger partial charge on any atom is 0.0705 e. The van der Waals surface area contributed by atoms with E-state index in [9.17, 15) is 0 Å². The fraction of sp³-hybridized carbons (Fsp3) is 0.0597. The average molecular weight is 898 g/mol. The van der Waals surface area contributed by atoms with Gasteiger partial charge in [-0.05, 0) is 150 Å². The molecule has 0 atom stereocenters. The van der Waals surface area contributed by atoms with Crippen molar-refractivity contribution in [3.8, 4) is 112 Å². The average Bonchev–Trinajstić information content (AvgIpc) is 3.43. The van der Waals surface area contributed by atoms with Crippen LogP contribution in [-0.4, -0.2) is 15.0 Å². The van der Waals surface area contributed by atoms with E-state index >= 15 is 0 Å². The van der Waals surface area contributed by atoms with Gasteiger partial charge in [0, 0.05) is 35.3 Å². The molecule has 0 saturated heterocycles. The first kappa shape index (κ1) is 43.8. The number of nitrogens with zero attached hydrogens (tertiary/aromatic N) is 3. The SMILES string of the molecule is CC(C)(C)c1ccnc(-c2ccc(-c3ccccc3-c3cc(-c4ccccc4-c4ccc(-c5ccccn5)cc4)cc(-c4ccccc4-c4ccc(-c5ccccn5)cc4)c3)c(-c3ccccc3)c2)c1. The predicted molar refractivity (Wildman–Crippen MR) is 293 cm³/mol. The maximum atomic E-state index is 4.89. The molecule has 0 spiro atoms. The third-order valence-electron chi connectivity index (χ3n) is 13.3. The Kier molecular flexibility index (Phi) is 11.9. The molecule has 0 aliphatic carbocycles. The molecular formula is C67H51N3. The van der Waals surface area contributed by atoms with Gasteiger partial charge in [0.1, 0.15) is 0 Å². The fourth-order valence-corrected chi connectivity index (χ4v) is 9.59. The first-order valence-corrected chi connectivity index (χ1v) is 24.0. The monoisotopic (exact) mass is 897 g/mol. The van der Waals surface area contributed by atoms with Gasteiger partial charge in [-0.15, -0.1) is 0 Å². The summed E-state index contributed by atoms with van der Waals surface area (Å²) in [5.41, 5.74) is 23.5. The molecule has 3 heteroatoms. The Morgan fingerprint density at radius 3 is 1.07 bits per heavy atom. The van der Waals surface area contributed by atoms with E-state index in [1.54, 1.807) is 0 Å². The summed E-state index contributed by atoms with van der Waals surface area (Å²) in [5.74, 6) is 0. The normalized spacial score (nSPS) is 11.4. The van der Waals surface area contributed by atoms with Gasteiger partial charge in [-0.3, -0.25) is 15.0 Å². The highest BCUT2D eigenvalue weighted by atomic mass is 14.7. The Bertz CT molecular complexity index is 3450. The van der Waals surface area contributed by atoms with Crippen molar-refractivity contribution in [2.45, 2.75) is 26.2 Å². The van der Waals surface area contributed by atoms with Crippen LogP contribution in [0.1, 0.15) is 26.3 Å². The van der Waals surface area contributed by atoms with Crippen molar-refractivity contribution >= 4 is 0 Å². The van der Waals surface area contributed by atoms with Crippen LogP contribution in [0.5, 0.6) is 0 Å². The van der Waals surface area contributed by atoms with Gasteiger partial charge in [-0.1, -0.05) is 197 Å². The molecule has 0 bridgehead atoms. The molecule has 0 N–H and O–H groups in total. The van der Waals surface area contributed by atoms with Crippen LogP contribution in [-0.2, 0) is 5.41 Å². The minimum Gasteiger partial charge on any atom is -0.256 e. The molecule has 0 amide bonds. The third-order valence-corrected chi connectivity index (χ3v) is 13.3. The second-order valence-corrected chi connectivity index (χ2v) is 18.8.